The topological polar surface area (TPSA) is 39.7 Å². The van der Waals surface area contributed by atoms with E-state index >= 15 is 0 Å². The normalized spacial score (nSPS) is 20.4. The van der Waals surface area contributed by atoms with Gasteiger partial charge in [-0.25, -0.2) is 0 Å². The number of ether oxygens (including phenoxy) is 3. The van der Waals surface area contributed by atoms with Gasteiger partial charge in [0.25, 0.3) is 0 Å². The SMILES string of the molecule is C=C(C)[C@H]1Cc2cc3c(cc2O1)CCNC3Cc1ccc(OC)c(OC)c1. The van der Waals surface area contributed by atoms with E-state index in [4.69, 9.17) is 14.2 Å². The van der Waals surface area contributed by atoms with Crippen molar-refractivity contribution in [3.8, 4) is 17.2 Å². The van der Waals surface area contributed by atoms with Crippen LogP contribution in [-0.4, -0.2) is 26.9 Å². The van der Waals surface area contributed by atoms with Gasteiger partial charge in [-0.15, -0.1) is 0 Å². The third kappa shape index (κ3) is 3.42. The molecule has 4 heteroatoms. The maximum absolute atomic E-state index is 6.09. The van der Waals surface area contributed by atoms with Crippen molar-refractivity contribution in [3.05, 3.63) is 64.7 Å². The molecule has 142 valence electrons. The molecule has 0 radical (unpaired) electrons. The van der Waals surface area contributed by atoms with Crippen molar-refractivity contribution in [1.29, 1.82) is 0 Å². The highest BCUT2D eigenvalue weighted by Gasteiger charge is 2.28. The van der Waals surface area contributed by atoms with Gasteiger partial charge in [-0.2, -0.15) is 0 Å². The van der Waals surface area contributed by atoms with Crippen molar-refractivity contribution in [1.82, 2.24) is 5.32 Å². The third-order valence-corrected chi connectivity index (χ3v) is 5.59. The van der Waals surface area contributed by atoms with Crippen LogP contribution in [0.15, 0.2) is 42.5 Å². The maximum Gasteiger partial charge on any atom is 0.160 e. The fourth-order valence-electron chi connectivity index (χ4n) is 4.08. The Hall–Kier alpha value is -2.46. The number of nitrogens with one attached hydrogen (secondary N) is 1. The molecule has 0 bridgehead atoms. The Kier molecular flexibility index (Phi) is 4.83. The van der Waals surface area contributed by atoms with E-state index in [0.29, 0.717) is 6.04 Å². The van der Waals surface area contributed by atoms with Crippen LogP contribution in [0.1, 0.15) is 35.2 Å². The summed E-state index contributed by atoms with van der Waals surface area (Å²) in [6.45, 7) is 7.08. The first-order valence-electron chi connectivity index (χ1n) is 9.51. The zero-order chi connectivity index (χ0) is 19.0. The molecule has 2 atom stereocenters. The van der Waals surface area contributed by atoms with E-state index in [2.05, 4.69) is 36.2 Å². The van der Waals surface area contributed by atoms with Gasteiger partial charge in [-0.3, -0.25) is 0 Å². The van der Waals surface area contributed by atoms with E-state index in [-0.39, 0.29) is 6.10 Å². The molecular formula is C23H27NO3. The summed E-state index contributed by atoms with van der Waals surface area (Å²) in [7, 11) is 3.34. The lowest BCUT2D eigenvalue weighted by atomic mass is 9.88. The van der Waals surface area contributed by atoms with Crippen LogP contribution in [0.5, 0.6) is 17.2 Å². The molecule has 0 fully saturated rings. The van der Waals surface area contributed by atoms with Crippen molar-refractivity contribution in [2.75, 3.05) is 20.8 Å². The van der Waals surface area contributed by atoms with Gasteiger partial charge in [0.2, 0.25) is 0 Å². The first-order chi connectivity index (χ1) is 13.1. The largest absolute Gasteiger partial charge is 0.493 e. The zero-order valence-corrected chi connectivity index (χ0v) is 16.3. The summed E-state index contributed by atoms with van der Waals surface area (Å²) in [5, 5.41) is 3.68. The summed E-state index contributed by atoms with van der Waals surface area (Å²) in [5.74, 6) is 2.57. The van der Waals surface area contributed by atoms with Crippen molar-refractivity contribution < 1.29 is 14.2 Å². The van der Waals surface area contributed by atoms with Crippen molar-refractivity contribution in [2.24, 2.45) is 0 Å². The van der Waals surface area contributed by atoms with Gasteiger partial charge in [0, 0.05) is 12.5 Å². The minimum Gasteiger partial charge on any atom is -0.493 e. The van der Waals surface area contributed by atoms with Crippen molar-refractivity contribution >= 4 is 0 Å². The highest BCUT2D eigenvalue weighted by molar-refractivity contribution is 5.49. The molecule has 0 saturated carbocycles. The highest BCUT2D eigenvalue weighted by atomic mass is 16.5. The van der Waals surface area contributed by atoms with E-state index in [1.54, 1.807) is 14.2 Å². The monoisotopic (exact) mass is 365 g/mol. The second-order valence-electron chi connectivity index (χ2n) is 7.47. The Bertz CT molecular complexity index is 874. The molecule has 0 saturated heterocycles. The maximum atomic E-state index is 6.09. The van der Waals surface area contributed by atoms with Gasteiger partial charge in [0.1, 0.15) is 11.9 Å². The molecule has 2 heterocycles. The number of hydrogen-bond donors (Lipinski definition) is 1. The van der Waals surface area contributed by atoms with Gasteiger partial charge >= 0.3 is 0 Å². The molecule has 4 nitrogen and oxygen atoms in total. The summed E-state index contributed by atoms with van der Waals surface area (Å²) >= 11 is 0. The highest BCUT2D eigenvalue weighted by Crippen LogP contribution is 2.38. The molecule has 2 aliphatic heterocycles. The molecule has 2 aromatic rings. The lowest BCUT2D eigenvalue weighted by Gasteiger charge is -2.28. The minimum atomic E-state index is 0.112. The molecule has 1 unspecified atom stereocenters. The average molecular weight is 365 g/mol. The number of rotatable bonds is 5. The molecule has 4 rings (SSSR count). The molecular weight excluding hydrogens is 338 g/mol. The fourth-order valence-corrected chi connectivity index (χ4v) is 4.08. The van der Waals surface area contributed by atoms with E-state index in [9.17, 15) is 0 Å². The summed E-state index contributed by atoms with van der Waals surface area (Å²) < 4.78 is 16.9. The van der Waals surface area contributed by atoms with Crippen LogP contribution in [0.3, 0.4) is 0 Å². The fraction of sp³-hybridized carbons (Fsp3) is 0.391. The van der Waals surface area contributed by atoms with Crippen LogP contribution in [0.2, 0.25) is 0 Å². The summed E-state index contributed by atoms with van der Waals surface area (Å²) in [6, 6.07) is 11.0. The zero-order valence-electron chi connectivity index (χ0n) is 16.3. The molecule has 0 spiro atoms. The average Bonchev–Trinajstić information content (AvgIpc) is 3.10. The smallest absolute Gasteiger partial charge is 0.160 e. The molecule has 0 aromatic heterocycles. The van der Waals surface area contributed by atoms with Gasteiger partial charge in [0.05, 0.1) is 14.2 Å². The standard InChI is InChI=1S/C23H27NO3/c1-14(2)21-13-17-11-18-16(12-22(17)27-21)7-8-24-19(18)9-15-5-6-20(25-3)23(10-15)26-4/h5-6,10-12,19,21,24H,1,7-9,13H2,2-4H3/t19?,21-/m1/s1. The van der Waals surface area contributed by atoms with E-state index in [0.717, 1.165) is 48.6 Å². The first-order valence-corrected chi connectivity index (χ1v) is 9.51. The molecule has 0 amide bonds. The molecule has 2 aliphatic rings. The molecule has 2 aromatic carbocycles. The van der Waals surface area contributed by atoms with Gasteiger partial charge < -0.3 is 19.5 Å². The van der Waals surface area contributed by atoms with E-state index in [1.165, 1.54) is 22.3 Å². The van der Waals surface area contributed by atoms with Crippen molar-refractivity contribution in [3.63, 3.8) is 0 Å². The van der Waals surface area contributed by atoms with Crippen LogP contribution in [0.25, 0.3) is 0 Å². The summed E-state index contributed by atoms with van der Waals surface area (Å²) in [6.07, 6.45) is 2.98. The van der Waals surface area contributed by atoms with E-state index in [1.807, 2.05) is 13.0 Å². The van der Waals surface area contributed by atoms with Crippen LogP contribution in [-0.2, 0) is 19.3 Å². The Morgan fingerprint density at radius 3 is 2.70 bits per heavy atom. The van der Waals surface area contributed by atoms with Gasteiger partial charge in [-0.1, -0.05) is 18.7 Å². The first kappa shape index (κ1) is 17.9. The molecule has 1 N–H and O–H groups in total. The number of hydrogen-bond acceptors (Lipinski definition) is 4. The Labute approximate surface area is 161 Å². The number of benzene rings is 2. The Morgan fingerprint density at radius 2 is 1.96 bits per heavy atom. The Balaban J connectivity index is 1.61. The lowest BCUT2D eigenvalue weighted by Crippen LogP contribution is -2.31. The van der Waals surface area contributed by atoms with E-state index < -0.39 is 0 Å². The Morgan fingerprint density at radius 1 is 1.15 bits per heavy atom. The van der Waals surface area contributed by atoms with Crippen LogP contribution < -0.4 is 19.5 Å². The number of fused-ring (bicyclic) bond motifs is 2. The predicted octanol–water partition coefficient (Wildman–Crippen LogP) is 4.01. The third-order valence-electron chi connectivity index (χ3n) is 5.59. The lowest BCUT2D eigenvalue weighted by molar-refractivity contribution is 0.270. The summed E-state index contributed by atoms with van der Waals surface area (Å²) in [5.41, 5.74) is 6.39. The molecule has 27 heavy (non-hydrogen) atoms. The summed E-state index contributed by atoms with van der Waals surface area (Å²) in [4.78, 5) is 0. The van der Waals surface area contributed by atoms with Crippen LogP contribution >= 0.6 is 0 Å². The second kappa shape index (κ2) is 7.28. The molecule has 0 aliphatic carbocycles. The van der Waals surface area contributed by atoms with Gasteiger partial charge in [0.15, 0.2) is 11.5 Å². The van der Waals surface area contributed by atoms with Crippen LogP contribution in [0, 0.1) is 0 Å². The van der Waals surface area contributed by atoms with Crippen molar-refractivity contribution in [2.45, 2.75) is 38.3 Å². The second-order valence-corrected chi connectivity index (χ2v) is 7.47. The minimum absolute atomic E-state index is 0.112. The van der Waals surface area contributed by atoms with Gasteiger partial charge in [-0.05, 0) is 72.3 Å². The van der Waals surface area contributed by atoms with Crippen LogP contribution in [0.4, 0.5) is 0 Å². The predicted molar refractivity (Wildman–Crippen MR) is 107 cm³/mol. The quantitative estimate of drug-likeness (QED) is 0.813. The number of methoxy groups -OCH3 is 2.